The van der Waals surface area contributed by atoms with Gasteiger partial charge in [-0.25, -0.2) is 0 Å². The van der Waals surface area contributed by atoms with Crippen LogP contribution in [0.4, 0.5) is 5.69 Å². The molecule has 0 radical (unpaired) electrons. The van der Waals surface area contributed by atoms with Crippen LogP contribution in [0.5, 0.6) is 5.75 Å². The Kier molecular flexibility index (Phi) is 6.46. The third-order valence-electron chi connectivity index (χ3n) is 3.29. The Balaban J connectivity index is 2.26. The van der Waals surface area contributed by atoms with E-state index in [1.165, 1.54) is 6.08 Å². The van der Waals surface area contributed by atoms with Gasteiger partial charge in [-0.3, -0.25) is 4.79 Å². The molecule has 0 fully saturated rings. The van der Waals surface area contributed by atoms with E-state index in [-0.39, 0.29) is 5.57 Å². The summed E-state index contributed by atoms with van der Waals surface area (Å²) < 4.78 is 5.36. The molecule has 1 amide bonds. The van der Waals surface area contributed by atoms with Crippen LogP contribution in [0, 0.1) is 18.3 Å². The maximum absolute atomic E-state index is 12.3. The zero-order chi connectivity index (χ0) is 18.4. The van der Waals surface area contributed by atoms with Crippen LogP contribution in [0.2, 0.25) is 10.0 Å². The second kappa shape index (κ2) is 8.57. The summed E-state index contributed by atoms with van der Waals surface area (Å²) in [7, 11) is 0. The van der Waals surface area contributed by atoms with E-state index in [4.69, 9.17) is 27.9 Å². The van der Waals surface area contributed by atoms with Crippen molar-refractivity contribution in [1.29, 1.82) is 5.26 Å². The molecule has 0 bridgehead atoms. The quantitative estimate of drug-likeness (QED) is 0.574. The number of halogens is 2. The van der Waals surface area contributed by atoms with E-state index in [0.29, 0.717) is 33.7 Å². The number of aryl methyl sites for hydroxylation is 1. The van der Waals surface area contributed by atoms with Crippen molar-refractivity contribution in [2.75, 3.05) is 11.9 Å². The number of nitrogens with zero attached hydrogens (tertiary/aromatic N) is 1. The Hall–Kier alpha value is -2.48. The molecule has 0 aliphatic heterocycles. The molecular formula is C19H16Cl2N2O2. The van der Waals surface area contributed by atoms with Crippen LogP contribution in [-0.4, -0.2) is 12.5 Å². The average molecular weight is 375 g/mol. The Morgan fingerprint density at radius 1 is 1.24 bits per heavy atom. The lowest BCUT2D eigenvalue weighted by atomic mass is 10.1. The van der Waals surface area contributed by atoms with Gasteiger partial charge in [0.05, 0.1) is 16.7 Å². The van der Waals surface area contributed by atoms with Gasteiger partial charge < -0.3 is 10.1 Å². The molecule has 128 valence electrons. The van der Waals surface area contributed by atoms with Gasteiger partial charge in [0.2, 0.25) is 0 Å². The van der Waals surface area contributed by atoms with Crippen LogP contribution >= 0.6 is 23.2 Å². The van der Waals surface area contributed by atoms with Crippen molar-refractivity contribution in [3.8, 4) is 11.8 Å². The molecule has 6 heteroatoms. The molecule has 0 aromatic heterocycles. The lowest BCUT2D eigenvalue weighted by Crippen LogP contribution is -2.13. The molecule has 25 heavy (non-hydrogen) atoms. The summed E-state index contributed by atoms with van der Waals surface area (Å²) in [6, 6.07) is 12.4. The van der Waals surface area contributed by atoms with E-state index < -0.39 is 5.91 Å². The van der Waals surface area contributed by atoms with Gasteiger partial charge in [0.25, 0.3) is 5.91 Å². The summed E-state index contributed by atoms with van der Waals surface area (Å²) in [5, 5.41) is 12.6. The van der Waals surface area contributed by atoms with Crippen molar-refractivity contribution >= 4 is 40.9 Å². The lowest BCUT2D eigenvalue weighted by molar-refractivity contribution is -0.112. The van der Waals surface area contributed by atoms with Gasteiger partial charge in [-0.05, 0) is 49.8 Å². The number of nitrogens with one attached hydrogen (secondary N) is 1. The first-order chi connectivity index (χ1) is 11.9. The summed E-state index contributed by atoms with van der Waals surface area (Å²) in [6.07, 6.45) is 1.43. The Labute approximate surface area is 156 Å². The van der Waals surface area contributed by atoms with Crippen LogP contribution in [0.1, 0.15) is 18.1 Å². The SMILES string of the molecule is CCOc1c(Cl)cc(/C=C(\C#N)C(=O)Nc2ccc(C)cc2)cc1Cl. The summed E-state index contributed by atoms with van der Waals surface area (Å²) in [4.78, 5) is 12.3. The predicted molar refractivity (Wildman–Crippen MR) is 101 cm³/mol. The highest BCUT2D eigenvalue weighted by atomic mass is 35.5. The van der Waals surface area contributed by atoms with E-state index in [9.17, 15) is 10.1 Å². The maximum atomic E-state index is 12.3. The van der Waals surface area contributed by atoms with E-state index >= 15 is 0 Å². The number of carbonyl (C=O) groups excluding carboxylic acids is 1. The summed E-state index contributed by atoms with van der Waals surface area (Å²) in [6.45, 7) is 4.20. The largest absolute Gasteiger partial charge is 0.491 e. The standard InChI is InChI=1S/C19H16Cl2N2O2/c1-3-25-18-16(20)9-13(10-17(18)21)8-14(11-22)19(24)23-15-6-4-12(2)5-7-15/h4-10H,3H2,1-2H3,(H,23,24)/b14-8+. The molecule has 2 aromatic rings. The monoisotopic (exact) mass is 374 g/mol. The predicted octanol–water partition coefficient (Wildman–Crippen LogP) is 5.25. The summed E-state index contributed by atoms with van der Waals surface area (Å²) in [5.41, 5.74) is 2.16. The van der Waals surface area contributed by atoms with E-state index in [1.54, 1.807) is 24.3 Å². The number of rotatable bonds is 5. The van der Waals surface area contributed by atoms with Crippen LogP contribution in [-0.2, 0) is 4.79 Å². The van der Waals surface area contributed by atoms with Crippen LogP contribution < -0.4 is 10.1 Å². The van der Waals surface area contributed by atoms with E-state index in [1.807, 2.05) is 32.0 Å². The second-order valence-electron chi connectivity index (χ2n) is 5.24. The fourth-order valence-corrected chi connectivity index (χ4v) is 2.71. The van der Waals surface area contributed by atoms with Crippen LogP contribution in [0.15, 0.2) is 42.0 Å². The first-order valence-corrected chi connectivity index (χ1v) is 8.31. The number of carbonyl (C=O) groups is 1. The van der Waals surface area contributed by atoms with Gasteiger partial charge in [-0.15, -0.1) is 0 Å². The average Bonchev–Trinajstić information content (AvgIpc) is 2.58. The molecule has 0 aliphatic carbocycles. The normalized spacial score (nSPS) is 10.9. The van der Waals surface area contributed by atoms with E-state index in [0.717, 1.165) is 5.56 Å². The number of hydrogen-bond acceptors (Lipinski definition) is 3. The van der Waals surface area contributed by atoms with Gasteiger partial charge in [0, 0.05) is 5.69 Å². The molecule has 0 heterocycles. The van der Waals surface area contributed by atoms with Crippen LogP contribution in [0.3, 0.4) is 0 Å². The number of amides is 1. The second-order valence-corrected chi connectivity index (χ2v) is 6.05. The van der Waals surface area contributed by atoms with Crippen molar-refractivity contribution in [1.82, 2.24) is 0 Å². The third-order valence-corrected chi connectivity index (χ3v) is 3.86. The van der Waals surface area contributed by atoms with Crippen molar-refractivity contribution in [2.45, 2.75) is 13.8 Å². The molecular weight excluding hydrogens is 359 g/mol. The Morgan fingerprint density at radius 3 is 2.36 bits per heavy atom. The number of hydrogen-bond donors (Lipinski definition) is 1. The van der Waals surface area contributed by atoms with Gasteiger partial charge in [0.1, 0.15) is 11.6 Å². The third kappa shape index (κ3) is 4.99. The zero-order valence-electron chi connectivity index (χ0n) is 13.8. The number of ether oxygens (including phenoxy) is 1. The van der Waals surface area contributed by atoms with Gasteiger partial charge in [0.15, 0.2) is 5.75 Å². The van der Waals surface area contributed by atoms with Crippen molar-refractivity contribution in [3.05, 3.63) is 63.1 Å². The highest BCUT2D eigenvalue weighted by molar-refractivity contribution is 6.37. The van der Waals surface area contributed by atoms with Crippen LogP contribution in [0.25, 0.3) is 6.08 Å². The maximum Gasteiger partial charge on any atom is 0.266 e. The fourth-order valence-electron chi connectivity index (χ4n) is 2.10. The minimum Gasteiger partial charge on any atom is -0.491 e. The van der Waals surface area contributed by atoms with Gasteiger partial charge >= 0.3 is 0 Å². The zero-order valence-corrected chi connectivity index (χ0v) is 15.3. The Bertz CT molecular complexity index is 830. The minimum atomic E-state index is -0.507. The molecule has 0 saturated heterocycles. The lowest BCUT2D eigenvalue weighted by Gasteiger charge is -2.09. The summed E-state index contributed by atoms with van der Waals surface area (Å²) >= 11 is 12.3. The molecule has 0 atom stereocenters. The first kappa shape index (κ1) is 18.9. The number of anilines is 1. The molecule has 2 rings (SSSR count). The molecule has 1 N–H and O–H groups in total. The molecule has 0 unspecified atom stereocenters. The smallest absolute Gasteiger partial charge is 0.266 e. The topological polar surface area (TPSA) is 62.1 Å². The minimum absolute atomic E-state index is 0.0585. The fraction of sp³-hybridized carbons (Fsp3) is 0.158. The number of benzene rings is 2. The van der Waals surface area contributed by atoms with E-state index in [2.05, 4.69) is 5.32 Å². The summed E-state index contributed by atoms with van der Waals surface area (Å²) in [5.74, 6) is -0.127. The highest BCUT2D eigenvalue weighted by Crippen LogP contribution is 2.34. The van der Waals surface area contributed by atoms with Crippen molar-refractivity contribution in [3.63, 3.8) is 0 Å². The van der Waals surface area contributed by atoms with Gasteiger partial charge in [-0.1, -0.05) is 40.9 Å². The molecule has 4 nitrogen and oxygen atoms in total. The molecule has 0 aliphatic rings. The first-order valence-electron chi connectivity index (χ1n) is 7.56. The molecule has 2 aromatic carbocycles. The highest BCUT2D eigenvalue weighted by Gasteiger charge is 2.12. The van der Waals surface area contributed by atoms with Gasteiger partial charge in [-0.2, -0.15) is 5.26 Å². The van der Waals surface area contributed by atoms with Crippen molar-refractivity contribution in [2.24, 2.45) is 0 Å². The number of nitriles is 1. The molecule has 0 saturated carbocycles. The van der Waals surface area contributed by atoms with Crippen molar-refractivity contribution < 1.29 is 9.53 Å². The molecule has 0 spiro atoms. The Morgan fingerprint density at radius 2 is 1.84 bits per heavy atom.